The smallest absolute Gasteiger partial charge is 0.0540 e. The van der Waals surface area contributed by atoms with Gasteiger partial charge in [-0.1, -0.05) is 6.92 Å². The van der Waals surface area contributed by atoms with Crippen LogP contribution in [0, 0.1) is 5.92 Å². The van der Waals surface area contributed by atoms with Crippen LogP contribution in [0.1, 0.15) is 27.2 Å². The van der Waals surface area contributed by atoms with Crippen molar-refractivity contribution in [2.75, 3.05) is 0 Å². The molecule has 2 heterocycles. The average molecular weight is 152 g/mol. The Balaban J connectivity index is 2.17. The first-order chi connectivity index (χ1) is 5.18. The maximum atomic E-state index is 3.26. The lowest BCUT2D eigenvalue weighted by atomic mass is 9.71. The number of hydrogen-bond acceptors (Lipinski definition) is 2. The quantitative estimate of drug-likeness (QED) is 0.612. The van der Waals surface area contributed by atoms with E-state index in [4.69, 9.17) is 0 Å². The van der Waals surface area contributed by atoms with Gasteiger partial charge in [0.1, 0.15) is 0 Å². The van der Waals surface area contributed by atoms with E-state index in [0.29, 0.717) is 11.6 Å². The summed E-state index contributed by atoms with van der Waals surface area (Å²) in [7, 11) is 0. The SMILES string of the molecule is CCC1C2C=CNN2C1(C)C. The molecule has 0 saturated carbocycles. The van der Waals surface area contributed by atoms with Crippen molar-refractivity contribution >= 4 is 0 Å². The van der Waals surface area contributed by atoms with E-state index >= 15 is 0 Å². The lowest BCUT2D eigenvalue weighted by Crippen LogP contribution is -2.70. The number of rotatable bonds is 1. The standard InChI is InChI=1S/C9H16N2/c1-4-7-8-5-6-10-11(8)9(7,2)3/h5-8,10H,4H2,1-3H3. The van der Waals surface area contributed by atoms with Crippen LogP contribution in [-0.2, 0) is 0 Å². The summed E-state index contributed by atoms with van der Waals surface area (Å²) in [6.07, 6.45) is 5.60. The van der Waals surface area contributed by atoms with Gasteiger partial charge in [0, 0.05) is 11.7 Å². The second-order valence-electron chi connectivity index (χ2n) is 4.02. The molecule has 0 spiro atoms. The minimum atomic E-state index is 0.350. The molecule has 2 aliphatic rings. The van der Waals surface area contributed by atoms with Crippen molar-refractivity contribution in [3.05, 3.63) is 12.3 Å². The summed E-state index contributed by atoms with van der Waals surface area (Å²) >= 11 is 0. The summed E-state index contributed by atoms with van der Waals surface area (Å²) < 4.78 is 0. The van der Waals surface area contributed by atoms with Crippen LogP contribution < -0.4 is 5.43 Å². The van der Waals surface area contributed by atoms with E-state index in [1.54, 1.807) is 0 Å². The van der Waals surface area contributed by atoms with Crippen molar-refractivity contribution in [3.8, 4) is 0 Å². The van der Waals surface area contributed by atoms with Gasteiger partial charge in [-0.25, -0.2) is 5.01 Å². The summed E-state index contributed by atoms with van der Waals surface area (Å²) in [5, 5.41) is 2.33. The molecule has 0 aromatic rings. The summed E-state index contributed by atoms with van der Waals surface area (Å²) in [4.78, 5) is 0. The normalized spacial score (nSPS) is 39.5. The van der Waals surface area contributed by atoms with E-state index < -0.39 is 0 Å². The molecule has 2 heteroatoms. The molecule has 2 rings (SSSR count). The van der Waals surface area contributed by atoms with E-state index in [-0.39, 0.29) is 0 Å². The van der Waals surface area contributed by atoms with Gasteiger partial charge in [-0.2, -0.15) is 0 Å². The lowest BCUT2D eigenvalue weighted by Gasteiger charge is -2.57. The number of hydrazine groups is 1. The van der Waals surface area contributed by atoms with E-state index in [0.717, 1.165) is 5.92 Å². The molecule has 0 bridgehead atoms. The molecular weight excluding hydrogens is 136 g/mol. The first-order valence-corrected chi connectivity index (χ1v) is 4.40. The minimum absolute atomic E-state index is 0.350. The highest BCUT2D eigenvalue weighted by molar-refractivity contribution is 5.17. The maximum absolute atomic E-state index is 3.26. The molecule has 62 valence electrons. The van der Waals surface area contributed by atoms with Gasteiger partial charge >= 0.3 is 0 Å². The highest BCUT2D eigenvalue weighted by Crippen LogP contribution is 2.44. The average Bonchev–Trinajstić information content (AvgIpc) is 2.34. The Bertz CT molecular complexity index is 196. The van der Waals surface area contributed by atoms with E-state index in [9.17, 15) is 0 Å². The van der Waals surface area contributed by atoms with E-state index in [2.05, 4.69) is 43.5 Å². The van der Waals surface area contributed by atoms with Crippen LogP contribution in [-0.4, -0.2) is 16.6 Å². The Kier molecular flexibility index (Phi) is 1.31. The molecule has 1 fully saturated rings. The first kappa shape index (κ1) is 7.17. The van der Waals surface area contributed by atoms with Crippen LogP contribution in [0.2, 0.25) is 0 Å². The first-order valence-electron chi connectivity index (χ1n) is 4.40. The Hall–Kier alpha value is -0.500. The molecule has 0 aliphatic carbocycles. The number of hydrogen-bond donors (Lipinski definition) is 1. The van der Waals surface area contributed by atoms with Gasteiger partial charge in [-0.3, -0.25) is 0 Å². The molecule has 0 aromatic carbocycles. The van der Waals surface area contributed by atoms with Crippen LogP contribution in [0.3, 0.4) is 0 Å². The second-order valence-corrected chi connectivity index (χ2v) is 4.02. The number of nitrogens with one attached hydrogen (secondary N) is 1. The molecule has 0 radical (unpaired) electrons. The van der Waals surface area contributed by atoms with Gasteiger partial charge in [-0.05, 0) is 32.3 Å². The Morgan fingerprint density at radius 2 is 2.27 bits per heavy atom. The van der Waals surface area contributed by atoms with Gasteiger partial charge in [-0.15, -0.1) is 0 Å². The molecule has 2 atom stereocenters. The molecular formula is C9H16N2. The zero-order valence-electron chi connectivity index (χ0n) is 7.46. The summed E-state index contributed by atoms with van der Waals surface area (Å²) in [5.74, 6) is 0.828. The van der Waals surface area contributed by atoms with Gasteiger partial charge < -0.3 is 5.43 Å². The fraction of sp³-hybridized carbons (Fsp3) is 0.778. The van der Waals surface area contributed by atoms with Crippen molar-refractivity contribution in [3.63, 3.8) is 0 Å². The summed E-state index contributed by atoms with van der Waals surface area (Å²) in [6.45, 7) is 6.88. The Morgan fingerprint density at radius 3 is 2.91 bits per heavy atom. The van der Waals surface area contributed by atoms with E-state index in [1.807, 2.05) is 0 Å². The molecule has 2 aliphatic heterocycles. The molecule has 2 unspecified atom stereocenters. The Labute approximate surface area is 68.2 Å². The third kappa shape index (κ3) is 0.707. The Morgan fingerprint density at radius 1 is 1.55 bits per heavy atom. The summed E-state index contributed by atoms with van der Waals surface area (Å²) in [6, 6.07) is 0.662. The van der Waals surface area contributed by atoms with Crippen molar-refractivity contribution in [1.82, 2.24) is 10.4 Å². The van der Waals surface area contributed by atoms with Crippen LogP contribution in [0.4, 0.5) is 0 Å². The zero-order valence-corrected chi connectivity index (χ0v) is 7.46. The maximum Gasteiger partial charge on any atom is 0.0540 e. The van der Waals surface area contributed by atoms with Crippen LogP contribution in [0.5, 0.6) is 0 Å². The van der Waals surface area contributed by atoms with Gasteiger partial charge in [0.05, 0.1) is 6.04 Å². The molecule has 1 saturated heterocycles. The monoisotopic (exact) mass is 152 g/mol. The predicted molar refractivity (Wildman–Crippen MR) is 45.8 cm³/mol. The molecule has 11 heavy (non-hydrogen) atoms. The highest BCUT2D eigenvalue weighted by atomic mass is 15.6. The second kappa shape index (κ2) is 2.01. The van der Waals surface area contributed by atoms with Crippen molar-refractivity contribution in [1.29, 1.82) is 0 Å². The van der Waals surface area contributed by atoms with E-state index in [1.165, 1.54) is 6.42 Å². The molecule has 0 aromatic heterocycles. The third-order valence-electron chi connectivity index (χ3n) is 3.19. The lowest BCUT2D eigenvalue weighted by molar-refractivity contribution is -0.113. The topological polar surface area (TPSA) is 15.3 Å². The number of fused-ring (bicyclic) bond motifs is 1. The highest BCUT2D eigenvalue weighted by Gasteiger charge is 2.53. The largest absolute Gasteiger partial charge is 0.325 e. The van der Waals surface area contributed by atoms with Crippen molar-refractivity contribution < 1.29 is 0 Å². The number of nitrogens with zero attached hydrogens (tertiary/aromatic N) is 1. The van der Waals surface area contributed by atoms with Gasteiger partial charge in [0.15, 0.2) is 0 Å². The summed E-state index contributed by atoms with van der Waals surface area (Å²) in [5.41, 5.74) is 3.61. The minimum Gasteiger partial charge on any atom is -0.325 e. The van der Waals surface area contributed by atoms with Crippen LogP contribution in [0.25, 0.3) is 0 Å². The third-order valence-corrected chi connectivity index (χ3v) is 3.19. The fourth-order valence-electron chi connectivity index (χ4n) is 2.51. The predicted octanol–water partition coefficient (Wildman–Crippen LogP) is 1.51. The van der Waals surface area contributed by atoms with Crippen molar-refractivity contribution in [2.24, 2.45) is 5.92 Å². The molecule has 1 N–H and O–H groups in total. The van der Waals surface area contributed by atoms with Gasteiger partial charge in [0.25, 0.3) is 0 Å². The molecule has 2 nitrogen and oxygen atoms in total. The zero-order chi connectivity index (χ0) is 8.06. The van der Waals surface area contributed by atoms with Gasteiger partial charge in [0.2, 0.25) is 0 Å². The molecule has 0 amide bonds. The van der Waals surface area contributed by atoms with Crippen LogP contribution >= 0.6 is 0 Å². The fourth-order valence-corrected chi connectivity index (χ4v) is 2.51. The van der Waals surface area contributed by atoms with Crippen LogP contribution in [0.15, 0.2) is 12.3 Å². The van der Waals surface area contributed by atoms with Crippen molar-refractivity contribution in [2.45, 2.75) is 38.8 Å².